The van der Waals surface area contributed by atoms with Crippen LogP contribution in [0.3, 0.4) is 0 Å². The molecular weight excluding hydrogens is 980 g/mol. The second kappa shape index (κ2) is 19.4. The molecule has 2 aliphatic carbocycles. The second-order valence-corrected chi connectivity index (χ2v) is 25.2. The molecule has 5 heterocycles. The third kappa shape index (κ3) is 10.1. The molecule has 2 aromatic heterocycles. The molecule has 2 saturated carbocycles. The quantitative estimate of drug-likeness (QED) is 0.0644. The molecule has 1 spiro atoms. The zero-order valence-corrected chi connectivity index (χ0v) is 43.1. The molecule has 390 valence electrons. The highest BCUT2D eigenvalue weighted by atomic mass is 32.2. The fourth-order valence-corrected chi connectivity index (χ4v) is 14.0. The number of pyridine rings is 1. The summed E-state index contributed by atoms with van der Waals surface area (Å²) in [6, 6.07) is 16.6. The number of ether oxygens (including phenoxy) is 2. The van der Waals surface area contributed by atoms with Gasteiger partial charge in [-0.25, -0.2) is 30.9 Å². The normalized spacial score (nSPS) is 23.9. The molecule has 0 radical (unpaired) electrons. The zero-order valence-electron chi connectivity index (χ0n) is 41.5. The van der Waals surface area contributed by atoms with Gasteiger partial charge >= 0.3 is 0 Å². The molecular formula is C52H63FN8O10S2. The number of halogens is 1. The van der Waals surface area contributed by atoms with E-state index in [1.54, 1.807) is 30.3 Å². The molecule has 1 amide bonds. The number of aromatic nitrogens is 2. The van der Waals surface area contributed by atoms with Gasteiger partial charge in [0.15, 0.2) is 11.4 Å². The molecule has 0 bridgehead atoms. The molecule has 0 unspecified atom stereocenters. The maximum atomic E-state index is 14.7. The summed E-state index contributed by atoms with van der Waals surface area (Å²) in [4.78, 5) is 37.1. The van der Waals surface area contributed by atoms with Crippen molar-refractivity contribution in [1.82, 2.24) is 23.9 Å². The van der Waals surface area contributed by atoms with Crippen molar-refractivity contribution in [3.8, 4) is 17.2 Å². The standard InChI is InChI=1S/C52H63FN8O10S2/c1-5-72(66,67)59-20-21-60(45(30-59)39-9-7-6-8-38(39)32(2)3)35-26-52(27-35)16-18-58(19-17-52)34-10-11-40(46(22-34)71-36-23-41-42(53)29-55-49(41)54-28-36)50(62)57-73(68,69)37-24-44(61(64)65)48-47(25-37)70-31-43(56-48)33-12-14-51(4,63)15-13-33/h6-11,22-25,28-29,32-33,35,43,45,56,63H,5,12-21,26-27,30-31H2,1-4H3,(H,54,55)(H,57,62)/t33?,43-,45+,51?/m1/s1. The molecule has 3 aliphatic heterocycles. The van der Waals surface area contributed by atoms with Gasteiger partial charge in [-0.3, -0.25) is 19.8 Å². The average molecular weight is 1040 g/mol. The number of benzene rings is 3. The number of nitrogens with zero attached hydrogens (tertiary/aromatic N) is 5. The summed E-state index contributed by atoms with van der Waals surface area (Å²) in [6.07, 6.45) is 8.78. The minimum atomic E-state index is -4.75. The molecule has 4 fully saturated rings. The average Bonchev–Trinajstić information content (AvgIpc) is 3.73. The summed E-state index contributed by atoms with van der Waals surface area (Å²) in [6.45, 7) is 10.8. The van der Waals surface area contributed by atoms with E-state index in [2.05, 4.69) is 55.8 Å². The van der Waals surface area contributed by atoms with Crippen LogP contribution in [0.4, 0.5) is 21.5 Å². The number of nitrogens with one attached hydrogen (secondary N) is 3. The number of sulfonamides is 2. The van der Waals surface area contributed by atoms with Gasteiger partial charge in [0.05, 0.1) is 44.4 Å². The Morgan fingerprint density at radius 2 is 1.77 bits per heavy atom. The summed E-state index contributed by atoms with van der Waals surface area (Å²) in [7, 11) is -8.12. The maximum Gasteiger partial charge on any atom is 0.297 e. The number of aliphatic hydroxyl groups is 1. The highest BCUT2D eigenvalue weighted by Crippen LogP contribution is 2.54. The molecule has 2 saturated heterocycles. The lowest BCUT2D eigenvalue weighted by atomic mass is 9.59. The zero-order chi connectivity index (χ0) is 51.6. The van der Waals surface area contributed by atoms with Crippen LogP contribution in [0.5, 0.6) is 17.2 Å². The van der Waals surface area contributed by atoms with Crippen LogP contribution in [0.15, 0.2) is 78.0 Å². The minimum absolute atomic E-state index is 0.0255. The maximum absolute atomic E-state index is 14.7. The highest BCUT2D eigenvalue weighted by molar-refractivity contribution is 7.90. The molecule has 4 N–H and O–H groups in total. The number of aromatic amines is 1. The van der Waals surface area contributed by atoms with Crippen LogP contribution in [0.1, 0.15) is 113 Å². The van der Waals surface area contributed by atoms with E-state index < -0.39 is 52.9 Å². The van der Waals surface area contributed by atoms with Crippen molar-refractivity contribution in [2.24, 2.45) is 11.3 Å². The number of carbonyl (C=O) groups is 1. The fraction of sp³-hybridized carbons (Fsp3) is 0.500. The van der Waals surface area contributed by atoms with Gasteiger partial charge in [0.1, 0.15) is 29.6 Å². The summed E-state index contributed by atoms with van der Waals surface area (Å²) >= 11 is 0. The Balaban J connectivity index is 0.865. The first-order valence-corrected chi connectivity index (χ1v) is 28.3. The molecule has 2 atom stereocenters. The third-order valence-corrected chi connectivity index (χ3v) is 19.4. The number of carbonyl (C=O) groups excluding carboxylic acids is 1. The van der Waals surface area contributed by atoms with Gasteiger partial charge < -0.3 is 29.8 Å². The van der Waals surface area contributed by atoms with Crippen molar-refractivity contribution < 1.29 is 45.5 Å². The number of amides is 1. The van der Waals surface area contributed by atoms with Gasteiger partial charge in [0, 0.05) is 74.9 Å². The number of piperidine rings is 1. The van der Waals surface area contributed by atoms with Crippen LogP contribution in [0, 0.1) is 27.3 Å². The summed E-state index contributed by atoms with van der Waals surface area (Å²) < 4.78 is 85.0. The van der Waals surface area contributed by atoms with Crippen LogP contribution in [-0.2, 0) is 20.0 Å². The minimum Gasteiger partial charge on any atom is -0.489 e. The van der Waals surface area contributed by atoms with Crippen molar-refractivity contribution >= 4 is 54.0 Å². The number of hydrogen-bond acceptors (Lipinski definition) is 14. The van der Waals surface area contributed by atoms with Gasteiger partial charge in [0.25, 0.3) is 21.6 Å². The van der Waals surface area contributed by atoms with Crippen molar-refractivity contribution in [2.45, 2.75) is 114 Å². The first-order valence-electron chi connectivity index (χ1n) is 25.3. The van der Waals surface area contributed by atoms with Crippen LogP contribution in [-0.4, -0.2) is 115 Å². The van der Waals surface area contributed by atoms with E-state index >= 15 is 0 Å². The van der Waals surface area contributed by atoms with E-state index in [1.807, 2.05) is 12.1 Å². The number of hydrogen-bond donors (Lipinski definition) is 4. The van der Waals surface area contributed by atoms with Crippen LogP contribution >= 0.6 is 0 Å². The van der Waals surface area contributed by atoms with Crippen molar-refractivity contribution in [3.63, 3.8) is 0 Å². The fourth-order valence-electron chi connectivity index (χ4n) is 11.9. The first-order chi connectivity index (χ1) is 34.7. The van der Waals surface area contributed by atoms with Gasteiger partial charge in [-0.2, -0.15) is 4.31 Å². The topological polar surface area (TPSA) is 230 Å². The molecule has 73 heavy (non-hydrogen) atoms. The number of anilines is 2. The smallest absolute Gasteiger partial charge is 0.297 e. The Kier molecular flexibility index (Phi) is 13.5. The lowest BCUT2D eigenvalue weighted by molar-refractivity contribution is -0.384. The van der Waals surface area contributed by atoms with E-state index in [9.17, 15) is 41.2 Å². The monoisotopic (exact) mass is 1040 g/mol. The lowest BCUT2D eigenvalue weighted by Gasteiger charge is -2.58. The second-order valence-electron chi connectivity index (χ2n) is 21.2. The number of piperazine rings is 1. The SMILES string of the molecule is CCS(=O)(=O)N1CCN(C2CC3(CCN(c4ccc(C(=O)NS(=O)(=O)c5cc6c(c([N+](=O)[O-])c5)N[C@@H](C5CCC(C)(O)CC5)CO6)c(Oc5cnc6[nH]cc(F)c6c5)c4)CC3)C2)[C@H](c2ccccc2C(C)C)C1. The molecule has 5 aromatic rings. The molecule has 10 rings (SSSR count). The molecule has 5 aliphatic rings. The Bertz CT molecular complexity index is 3160. The predicted molar refractivity (Wildman–Crippen MR) is 274 cm³/mol. The van der Waals surface area contributed by atoms with E-state index in [0.29, 0.717) is 70.1 Å². The van der Waals surface area contributed by atoms with Crippen LogP contribution in [0.2, 0.25) is 0 Å². The Hall–Kier alpha value is -5.87. The summed E-state index contributed by atoms with van der Waals surface area (Å²) in [5.74, 6) is -1.21. The number of rotatable bonds is 13. The van der Waals surface area contributed by atoms with Crippen molar-refractivity contribution in [3.05, 3.63) is 106 Å². The Morgan fingerprint density at radius 1 is 1.03 bits per heavy atom. The van der Waals surface area contributed by atoms with E-state index in [4.69, 9.17) is 9.47 Å². The largest absolute Gasteiger partial charge is 0.489 e. The third-order valence-electron chi connectivity index (χ3n) is 16.2. The van der Waals surface area contributed by atoms with Gasteiger partial charge in [0.2, 0.25) is 10.0 Å². The Morgan fingerprint density at radius 3 is 2.48 bits per heavy atom. The molecule has 3 aromatic carbocycles. The summed E-state index contributed by atoms with van der Waals surface area (Å²) in [5.41, 5.74) is 2.06. The van der Waals surface area contributed by atoms with Gasteiger partial charge in [-0.15, -0.1) is 0 Å². The van der Waals surface area contributed by atoms with Crippen molar-refractivity contribution in [2.75, 3.05) is 55.3 Å². The van der Waals surface area contributed by atoms with Crippen LogP contribution in [0.25, 0.3) is 11.0 Å². The van der Waals surface area contributed by atoms with E-state index in [-0.39, 0.29) is 81.2 Å². The first kappa shape index (κ1) is 50.7. The molecule has 18 nitrogen and oxygen atoms in total. The van der Waals surface area contributed by atoms with Gasteiger partial charge in [-0.05, 0) is 112 Å². The van der Waals surface area contributed by atoms with Crippen LogP contribution < -0.4 is 24.4 Å². The van der Waals surface area contributed by atoms with Crippen molar-refractivity contribution in [1.29, 1.82) is 0 Å². The predicted octanol–water partition coefficient (Wildman–Crippen LogP) is 8.22. The van der Waals surface area contributed by atoms with E-state index in [0.717, 1.165) is 44.0 Å². The van der Waals surface area contributed by atoms with E-state index in [1.165, 1.54) is 29.5 Å². The number of H-pyrrole nitrogens is 1. The number of nitro groups is 1. The lowest BCUT2D eigenvalue weighted by Crippen LogP contribution is -2.60. The van der Waals surface area contributed by atoms with Gasteiger partial charge in [-0.1, -0.05) is 38.1 Å². The number of nitro benzene ring substituents is 1. The summed E-state index contributed by atoms with van der Waals surface area (Å²) in [5, 5.41) is 26.2. The highest BCUT2D eigenvalue weighted by Gasteiger charge is 2.51. The molecule has 21 heteroatoms. The Labute approximate surface area is 424 Å². The number of fused-ring (bicyclic) bond motifs is 2.